The van der Waals surface area contributed by atoms with Crippen LogP contribution in [0.5, 0.6) is 5.75 Å². The summed E-state index contributed by atoms with van der Waals surface area (Å²) < 4.78 is 5.54. The predicted molar refractivity (Wildman–Crippen MR) is 89.0 cm³/mol. The maximum Gasteiger partial charge on any atom is 0.262 e. The summed E-state index contributed by atoms with van der Waals surface area (Å²) in [5.41, 5.74) is 2.57. The van der Waals surface area contributed by atoms with Crippen LogP contribution in [0.25, 0.3) is 0 Å². The number of carbonyl (C=O) groups is 1. The van der Waals surface area contributed by atoms with Gasteiger partial charge >= 0.3 is 0 Å². The second-order valence-electron chi connectivity index (χ2n) is 5.29. The monoisotopic (exact) mass is 293 g/mol. The van der Waals surface area contributed by atoms with E-state index in [1.54, 1.807) is 18.2 Å². The first-order chi connectivity index (χ1) is 10.6. The van der Waals surface area contributed by atoms with Crippen LogP contribution in [0.4, 0.5) is 5.69 Å². The van der Waals surface area contributed by atoms with Crippen LogP contribution in [0.2, 0.25) is 0 Å². The Balaban J connectivity index is 1.92. The lowest BCUT2D eigenvalue weighted by atomic mass is 10.0. The van der Waals surface area contributed by atoms with Crippen molar-refractivity contribution in [2.24, 2.45) is 0 Å². The van der Waals surface area contributed by atoms with Crippen LogP contribution in [0.1, 0.15) is 30.9 Å². The van der Waals surface area contributed by atoms with E-state index in [9.17, 15) is 4.79 Å². The average Bonchev–Trinajstić information content (AvgIpc) is 2.53. The molecule has 0 saturated heterocycles. The van der Waals surface area contributed by atoms with Crippen LogP contribution in [0.3, 0.4) is 0 Å². The highest BCUT2D eigenvalue weighted by molar-refractivity contribution is 5.92. The Morgan fingerprint density at radius 2 is 2.00 bits per heavy atom. The first-order valence-corrected chi connectivity index (χ1v) is 7.18. The van der Waals surface area contributed by atoms with Gasteiger partial charge in [-0.15, -0.1) is 6.42 Å². The summed E-state index contributed by atoms with van der Waals surface area (Å²) in [4.78, 5) is 11.9. The third kappa shape index (κ3) is 4.39. The maximum atomic E-state index is 11.9. The molecule has 22 heavy (non-hydrogen) atoms. The molecule has 0 bridgehead atoms. The van der Waals surface area contributed by atoms with E-state index in [1.165, 1.54) is 5.56 Å². The van der Waals surface area contributed by atoms with Crippen molar-refractivity contribution in [2.45, 2.75) is 19.8 Å². The molecule has 0 atom stereocenters. The van der Waals surface area contributed by atoms with Gasteiger partial charge in [-0.3, -0.25) is 4.79 Å². The summed E-state index contributed by atoms with van der Waals surface area (Å²) in [5.74, 6) is 3.43. The molecule has 0 heterocycles. The number of ether oxygens (including phenoxy) is 1. The van der Waals surface area contributed by atoms with Gasteiger partial charge in [0.15, 0.2) is 6.61 Å². The van der Waals surface area contributed by atoms with E-state index >= 15 is 0 Å². The van der Waals surface area contributed by atoms with Crippen LogP contribution in [0, 0.1) is 12.3 Å². The minimum Gasteiger partial charge on any atom is -0.484 e. The minimum atomic E-state index is -0.218. The average molecular weight is 293 g/mol. The largest absolute Gasteiger partial charge is 0.484 e. The Kier molecular flexibility index (Phi) is 5.21. The molecule has 2 aromatic carbocycles. The van der Waals surface area contributed by atoms with E-state index in [4.69, 9.17) is 11.2 Å². The molecule has 1 amide bonds. The molecule has 1 N–H and O–H groups in total. The third-order valence-corrected chi connectivity index (χ3v) is 3.21. The molecule has 0 aromatic heterocycles. The summed E-state index contributed by atoms with van der Waals surface area (Å²) in [6.07, 6.45) is 5.34. The number of amides is 1. The van der Waals surface area contributed by atoms with Crippen molar-refractivity contribution in [3.8, 4) is 18.1 Å². The zero-order valence-electron chi connectivity index (χ0n) is 12.8. The topological polar surface area (TPSA) is 38.3 Å². The van der Waals surface area contributed by atoms with Gasteiger partial charge in [-0.2, -0.15) is 0 Å². The highest BCUT2D eigenvalue weighted by Gasteiger charge is 2.05. The van der Waals surface area contributed by atoms with Crippen molar-refractivity contribution in [3.63, 3.8) is 0 Å². The van der Waals surface area contributed by atoms with E-state index in [-0.39, 0.29) is 12.5 Å². The molecule has 2 aromatic rings. The minimum absolute atomic E-state index is 0.0399. The Morgan fingerprint density at radius 3 is 2.73 bits per heavy atom. The van der Waals surface area contributed by atoms with Crippen LogP contribution >= 0.6 is 0 Å². The number of rotatable bonds is 5. The lowest BCUT2D eigenvalue weighted by Crippen LogP contribution is -2.20. The Morgan fingerprint density at radius 1 is 1.23 bits per heavy atom. The van der Waals surface area contributed by atoms with Crippen LogP contribution in [-0.2, 0) is 4.79 Å². The molecule has 112 valence electrons. The summed E-state index contributed by atoms with van der Waals surface area (Å²) in [6.45, 7) is 4.19. The number of anilines is 1. The third-order valence-electron chi connectivity index (χ3n) is 3.21. The van der Waals surface area contributed by atoms with E-state index < -0.39 is 0 Å². The number of nitrogens with one attached hydrogen (secondary N) is 1. The van der Waals surface area contributed by atoms with Crippen molar-refractivity contribution in [2.75, 3.05) is 11.9 Å². The molecule has 3 heteroatoms. The number of hydrogen-bond acceptors (Lipinski definition) is 2. The van der Waals surface area contributed by atoms with Crippen molar-refractivity contribution >= 4 is 11.6 Å². The molecule has 0 fully saturated rings. The van der Waals surface area contributed by atoms with Gasteiger partial charge < -0.3 is 10.1 Å². The summed E-state index contributed by atoms with van der Waals surface area (Å²) in [7, 11) is 0. The Bertz CT molecular complexity index is 699. The number of hydrogen-bond donors (Lipinski definition) is 1. The molecule has 0 radical (unpaired) electrons. The Hall–Kier alpha value is -2.73. The molecule has 0 unspecified atom stereocenters. The molecule has 0 saturated carbocycles. The molecule has 3 nitrogen and oxygen atoms in total. The van der Waals surface area contributed by atoms with Crippen LogP contribution in [-0.4, -0.2) is 12.5 Å². The van der Waals surface area contributed by atoms with Crippen molar-refractivity contribution in [3.05, 3.63) is 59.7 Å². The molecular formula is C19H19NO2. The van der Waals surface area contributed by atoms with E-state index in [0.29, 0.717) is 17.4 Å². The molecule has 0 aliphatic heterocycles. The highest BCUT2D eigenvalue weighted by atomic mass is 16.5. The van der Waals surface area contributed by atoms with E-state index in [1.807, 2.05) is 30.3 Å². The Labute approximate surface area is 131 Å². The van der Waals surface area contributed by atoms with Gasteiger partial charge in [-0.1, -0.05) is 38.0 Å². The lowest BCUT2D eigenvalue weighted by Gasteiger charge is -2.10. The standard InChI is InChI=1S/C19H19NO2/c1-4-15-7-5-9-17(11-15)20-19(21)13-22-18-10-6-8-16(12-18)14(2)3/h1,5-12,14H,13H2,2-3H3,(H,20,21). The van der Waals surface area contributed by atoms with Gasteiger partial charge in [0.25, 0.3) is 5.91 Å². The van der Waals surface area contributed by atoms with Gasteiger partial charge in [0, 0.05) is 11.3 Å². The van der Waals surface area contributed by atoms with Gasteiger partial charge in [-0.05, 0) is 41.8 Å². The number of carbonyl (C=O) groups excluding carboxylic acids is 1. The quantitative estimate of drug-likeness (QED) is 0.851. The van der Waals surface area contributed by atoms with Crippen LogP contribution < -0.4 is 10.1 Å². The van der Waals surface area contributed by atoms with Gasteiger partial charge in [0.2, 0.25) is 0 Å². The fraction of sp³-hybridized carbons (Fsp3) is 0.211. The molecule has 2 rings (SSSR count). The second-order valence-corrected chi connectivity index (χ2v) is 5.29. The van der Waals surface area contributed by atoms with Crippen LogP contribution in [0.15, 0.2) is 48.5 Å². The van der Waals surface area contributed by atoms with Crippen molar-refractivity contribution < 1.29 is 9.53 Å². The summed E-state index contributed by atoms with van der Waals surface area (Å²) >= 11 is 0. The first-order valence-electron chi connectivity index (χ1n) is 7.18. The number of benzene rings is 2. The molecular weight excluding hydrogens is 274 g/mol. The fourth-order valence-corrected chi connectivity index (χ4v) is 2.00. The van der Waals surface area contributed by atoms with Crippen molar-refractivity contribution in [1.82, 2.24) is 0 Å². The summed E-state index contributed by atoms with van der Waals surface area (Å²) in [5, 5.41) is 2.76. The lowest BCUT2D eigenvalue weighted by molar-refractivity contribution is -0.118. The maximum absolute atomic E-state index is 11.9. The molecule has 0 aliphatic carbocycles. The fourth-order valence-electron chi connectivity index (χ4n) is 2.00. The highest BCUT2D eigenvalue weighted by Crippen LogP contribution is 2.20. The zero-order valence-corrected chi connectivity index (χ0v) is 12.8. The van der Waals surface area contributed by atoms with Gasteiger partial charge in [0.05, 0.1) is 0 Å². The van der Waals surface area contributed by atoms with Gasteiger partial charge in [0.1, 0.15) is 5.75 Å². The van der Waals surface area contributed by atoms with Gasteiger partial charge in [-0.25, -0.2) is 0 Å². The second kappa shape index (κ2) is 7.33. The molecule has 0 aliphatic rings. The SMILES string of the molecule is C#Cc1cccc(NC(=O)COc2cccc(C(C)C)c2)c1. The number of terminal acetylenes is 1. The van der Waals surface area contributed by atoms with E-state index in [2.05, 4.69) is 25.1 Å². The summed E-state index contributed by atoms with van der Waals surface area (Å²) in [6, 6.07) is 14.9. The normalized spacial score (nSPS) is 10.1. The van der Waals surface area contributed by atoms with Crippen molar-refractivity contribution in [1.29, 1.82) is 0 Å². The molecule has 0 spiro atoms. The zero-order chi connectivity index (χ0) is 15.9. The first kappa shape index (κ1) is 15.7. The smallest absolute Gasteiger partial charge is 0.262 e. The van der Waals surface area contributed by atoms with E-state index in [0.717, 1.165) is 5.56 Å². The predicted octanol–water partition coefficient (Wildman–Crippen LogP) is 3.81.